The van der Waals surface area contributed by atoms with Gasteiger partial charge >= 0.3 is 0 Å². The van der Waals surface area contributed by atoms with Crippen LogP contribution in [0.15, 0.2) is 56.5 Å². The number of hydrogen-bond acceptors (Lipinski definition) is 6. The minimum absolute atomic E-state index is 0.233. The Balaban J connectivity index is 2.23. The molecular weight excluding hydrogens is 336 g/mol. The van der Waals surface area contributed by atoms with E-state index < -0.39 is 0 Å². The highest BCUT2D eigenvalue weighted by atomic mass is 16.5. The molecule has 2 aromatic heterocycles. The van der Waals surface area contributed by atoms with Crippen molar-refractivity contribution in [2.45, 2.75) is 0 Å². The molecule has 0 radical (unpaired) electrons. The standard InChI is InChI=1S/C20H16O6/c1-22-12-5-4-6-13-17(12)19(21)18-15(26-13)9-14(23-2)16(20(18)24-3)11-7-8-25-10-11/h4-10H,1-3H3. The van der Waals surface area contributed by atoms with Gasteiger partial charge in [0, 0.05) is 11.6 Å². The van der Waals surface area contributed by atoms with Crippen LogP contribution in [0.3, 0.4) is 0 Å². The van der Waals surface area contributed by atoms with Crippen LogP contribution in [-0.4, -0.2) is 21.3 Å². The molecule has 0 aliphatic rings. The number of rotatable bonds is 4. The number of fused-ring (bicyclic) bond motifs is 2. The third-order valence-corrected chi connectivity index (χ3v) is 4.32. The second kappa shape index (κ2) is 6.15. The lowest BCUT2D eigenvalue weighted by atomic mass is 10.0. The van der Waals surface area contributed by atoms with Gasteiger partial charge < -0.3 is 23.0 Å². The van der Waals surface area contributed by atoms with Crippen molar-refractivity contribution in [1.29, 1.82) is 0 Å². The molecular formula is C20H16O6. The largest absolute Gasteiger partial charge is 0.496 e. The van der Waals surface area contributed by atoms with Gasteiger partial charge in [-0.2, -0.15) is 0 Å². The molecule has 0 saturated heterocycles. The van der Waals surface area contributed by atoms with Crippen molar-refractivity contribution in [2.75, 3.05) is 21.3 Å². The smallest absolute Gasteiger partial charge is 0.208 e. The molecule has 0 atom stereocenters. The van der Waals surface area contributed by atoms with Crippen LogP contribution in [0.4, 0.5) is 0 Å². The van der Waals surface area contributed by atoms with Gasteiger partial charge in [0.2, 0.25) is 5.43 Å². The van der Waals surface area contributed by atoms with Crippen LogP contribution in [0, 0.1) is 0 Å². The number of benzene rings is 2. The van der Waals surface area contributed by atoms with Crippen LogP contribution in [0.1, 0.15) is 0 Å². The minimum Gasteiger partial charge on any atom is -0.496 e. The first kappa shape index (κ1) is 16.1. The Hall–Kier alpha value is -3.41. The number of methoxy groups -OCH3 is 3. The number of ether oxygens (including phenoxy) is 3. The average Bonchev–Trinajstić information content (AvgIpc) is 3.20. The highest BCUT2D eigenvalue weighted by Crippen LogP contribution is 2.44. The molecule has 6 nitrogen and oxygen atoms in total. The zero-order valence-electron chi connectivity index (χ0n) is 14.5. The summed E-state index contributed by atoms with van der Waals surface area (Å²) in [5.41, 5.74) is 1.93. The van der Waals surface area contributed by atoms with Gasteiger partial charge in [-0.1, -0.05) is 6.07 Å². The second-order valence-electron chi connectivity index (χ2n) is 5.64. The maximum Gasteiger partial charge on any atom is 0.208 e. The van der Waals surface area contributed by atoms with Crippen molar-refractivity contribution in [3.05, 3.63) is 53.1 Å². The van der Waals surface area contributed by atoms with Crippen molar-refractivity contribution < 1.29 is 23.0 Å². The van der Waals surface area contributed by atoms with E-state index in [1.807, 2.05) is 0 Å². The minimum atomic E-state index is -0.233. The van der Waals surface area contributed by atoms with E-state index in [9.17, 15) is 4.79 Å². The average molecular weight is 352 g/mol. The van der Waals surface area contributed by atoms with Crippen molar-refractivity contribution in [1.82, 2.24) is 0 Å². The highest BCUT2D eigenvalue weighted by Gasteiger charge is 2.23. The van der Waals surface area contributed by atoms with Gasteiger partial charge in [-0.15, -0.1) is 0 Å². The molecule has 0 amide bonds. The SMILES string of the molecule is COc1cc2oc3cccc(OC)c3c(=O)c2c(OC)c1-c1ccoc1. The maximum absolute atomic E-state index is 13.3. The Morgan fingerprint density at radius 2 is 1.69 bits per heavy atom. The molecule has 0 fully saturated rings. The fraction of sp³-hybridized carbons (Fsp3) is 0.150. The first-order valence-corrected chi connectivity index (χ1v) is 7.90. The summed E-state index contributed by atoms with van der Waals surface area (Å²) in [6.45, 7) is 0. The van der Waals surface area contributed by atoms with Gasteiger partial charge in [-0.25, -0.2) is 0 Å². The van der Waals surface area contributed by atoms with E-state index in [-0.39, 0.29) is 5.43 Å². The van der Waals surface area contributed by atoms with Gasteiger partial charge in [0.15, 0.2) is 0 Å². The summed E-state index contributed by atoms with van der Waals surface area (Å²) in [6, 6.07) is 8.67. The predicted octanol–water partition coefficient (Wildman–Crippen LogP) is 4.23. The Bertz CT molecular complexity index is 1150. The van der Waals surface area contributed by atoms with Crippen LogP contribution in [0.25, 0.3) is 33.1 Å². The summed E-state index contributed by atoms with van der Waals surface area (Å²) in [6.07, 6.45) is 3.11. The van der Waals surface area contributed by atoms with E-state index in [0.29, 0.717) is 44.8 Å². The first-order valence-electron chi connectivity index (χ1n) is 7.90. The van der Waals surface area contributed by atoms with Crippen molar-refractivity contribution >= 4 is 21.9 Å². The third-order valence-electron chi connectivity index (χ3n) is 4.32. The molecule has 26 heavy (non-hydrogen) atoms. The van der Waals surface area contributed by atoms with Crippen LogP contribution < -0.4 is 19.6 Å². The van der Waals surface area contributed by atoms with Crippen molar-refractivity contribution in [3.8, 4) is 28.4 Å². The zero-order valence-corrected chi connectivity index (χ0v) is 14.5. The maximum atomic E-state index is 13.3. The van der Waals surface area contributed by atoms with Crippen molar-refractivity contribution in [3.63, 3.8) is 0 Å². The van der Waals surface area contributed by atoms with E-state index in [0.717, 1.165) is 5.56 Å². The number of furan rings is 1. The van der Waals surface area contributed by atoms with E-state index >= 15 is 0 Å². The summed E-state index contributed by atoms with van der Waals surface area (Å²) in [5.74, 6) is 1.32. The fourth-order valence-electron chi connectivity index (χ4n) is 3.19. The van der Waals surface area contributed by atoms with Gasteiger partial charge in [-0.05, 0) is 18.2 Å². The molecule has 0 spiro atoms. The summed E-state index contributed by atoms with van der Waals surface area (Å²) in [5, 5.41) is 0.686. The van der Waals surface area contributed by atoms with Crippen LogP contribution in [-0.2, 0) is 0 Å². The molecule has 6 heteroatoms. The lowest BCUT2D eigenvalue weighted by Gasteiger charge is -2.15. The fourth-order valence-corrected chi connectivity index (χ4v) is 3.19. The van der Waals surface area contributed by atoms with Crippen molar-refractivity contribution in [2.24, 2.45) is 0 Å². The molecule has 0 unspecified atom stereocenters. The van der Waals surface area contributed by atoms with Gasteiger partial charge in [-0.3, -0.25) is 4.79 Å². The summed E-state index contributed by atoms with van der Waals surface area (Å²) < 4.78 is 27.6. The van der Waals surface area contributed by atoms with E-state index in [2.05, 4.69) is 0 Å². The molecule has 2 heterocycles. The molecule has 4 aromatic rings. The van der Waals surface area contributed by atoms with Crippen LogP contribution in [0.2, 0.25) is 0 Å². The molecule has 0 saturated carbocycles. The Kier molecular flexibility index (Phi) is 3.80. The Morgan fingerprint density at radius 3 is 2.35 bits per heavy atom. The molecule has 132 valence electrons. The van der Waals surface area contributed by atoms with Gasteiger partial charge in [0.05, 0.1) is 39.4 Å². The molecule has 4 rings (SSSR count). The lowest BCUT2D eigenvalue weighted by Crippen LogP contribution is -2.07. The van der Waals surface area contributed by atoms with E-state index in [1.54, 1.807) is 50.0 Å². The zero-order chi connectivity index (χ0) is 18.3. The summed E-state index contributed by atoms with van der Waals surface area (Å²) in [7, 11) is 4.57. The van der Waals surface area contributed by atoms with E-state index in [4.69, 9.17) is 23.0 Å². The predicted molar refractivity (Wildman–Crippen MR) is 97.3 cm³/mol. The Morgan fingerprint density at radius 1 is 0.885 bits per heavy atom. The third kappa shape index (κ3) is 2.23. The Labute approximate surface area is 148 Å². The van der Waals surface area contributed by atoms with Gasteiger partial charge in [0.1, 0.15) is 39.2 Å². The second-order valence-corrected chi connectivity index (χ2v) is 5.64. The summed E-state index contributed by atoms with van der Waals surface area (Å²) in [4.78, 5) is 13.3. The molecule has 2 aromatic carbocycles. The first-order chi connectivity index (χ1) is 12.7. The summed E-state index contributed by atoms with van der Waals surface area (Å²) >= 11 is 0. The number of hydrogen-bond donors (Lipinski definition) is 0. The molecule has 0 N–H and O–H groups in total. The normalized spacial score (nSPS) is 11.0. The topological polar surface area (TPSA) is 71.0 Å². The lowest BCUT2D eigenvalue weighted by molar-refractivity contribution is 0.399. The van der Waals surface area contributed by atoms with Crippen LogP contribution in [0.5, 0.6) is 17.2 Å². The quantitative estimate of drug-likeness (QED) is 0.512. The monoisotopic (exact) mass is 352 g/mol. The van der Waals surface area contributed by atoms with Gasteiger partial charge in [0.25, 0.3) is 0 Å². The van der Waals surface area contributed by atoms with E-state index in [1.165, 1.54) is 14.2 Å². The highest BCUT2D eigenvalue weighted by molar-refractivity contribution is 6.01. The molecule has 0 bridgehead atoms. The van der Waals surface area contributed by atoms with Crippen LogP contribution >= 0.6 is 0 Å². The molecule has 0 aliphatic heterocycles. The molecule has 0 aliphatic carbocycles.